The van der Waals surface area contributed by atoms with E-state index in [1.807, 2.05) is 42.5 Å². The lowest BCUT2D eigenvalue weighted by atomic mass is 10.2. The lowest BCUT2D eigenvalue weighted by Gasteiger charge is -2.01. The smallest absolute Gasteiger partial charge is 0.175 e. The number of benzene rings is 2. The van der Waals surface area contributed by atoms with Gasteiger partial charge in [0.2, 0.25) is 0 Å². The number of aliphatic hydroxyl groups excluding tert-OH is 1. The van der Waals surface area contributed by atoms with Gasteiger partial charge >= 0.3 is 0 Å². The fourth-order valence-corrected chi connectivity index (χ4v) is 2.35. The Balaban J connectivity index is 1.74. The molecule has 0 fully saturated rings. The second kappa shape index (κ2) is 7.51. The van der Waals surface area contributed by atoms with Gasteiger partial charge in [-0.15, -0.1) is 0 Å². The molecular formula is C18H13ClN4O2. The highest BCUT2D eigenvalue weighted by atomic mass is 35.5. The number of aromatic nitrogens is 2. The largest absolute Gasteiger partial charge is 0.507 e. The second-order valence-electron chi connectivity index (χ2n) is 5.07. The number of nitrogens with one attached hydrogen (secondary N) is 1. The van der Waals surface area contributed by atoms with Crippen molar-refractivity contribution in [2.24, 2.45) is 5.16 Å². The molecule has 0 amide bonds. The number of halogens is 1. The molecule has 124 valence electrons. The number of hydrogen-bond donors (Lipinski definition) is 2. The lowest BCUT2D eigenvalue weighted by molar-refractivity contribution is 0.139. The molecule has 2 aromatic carbocycles. The fourth-order valence-electron chi connectivity index (χ4n) is 2.17. The van der Waals surface area contributed by atoms with Crippen molar-refractivity contribution < 1.29 is 9.94 Å². The van der Waals surface area contributed by atoms with E-state index in [1.54, 1.807) is 12.1 Å². The van der Waals surface area contributed by atoms with Gasteiger partial charge in [0.05, 0.1) is 17.2 Å². The number of oxime groups is 1. The van der Waals surface area contributed by atoms with Crippen molar-refractivity contribution in [2.75, 3.05) is 6.61 Å². The molecule has 0 aliphatic heterocycles. The summed E-state index contributed by atoms with van der Waals surface area (Å²) < 4.78 is 0. The molecule has 1 heterocycles. The lowest BCUT2D eigenvalue weighted by Crippen LogP contribution is -1.99. The first-order valence-corrected chi connectivity index (χ1v) is 7.74. The molecule has 0 aliphatic rings. The van der Waals surface area contributed by atoms with Crippen LogP contribution in [0, 0.1) is 11.3 Å². The number of aliphatic hydroxyl groups is 1. The van der Waals surface area contributed by atoms with Crippen LogP contribution in [0.4, 0.5) is 0 Å². The number of allylic oxidation sites excluding steroid dienone is 1. The number of para-hydroxylation sites is 2. The highest BCUT2D eigenvalue weighted by molar-refractivity contribution is 6.33. The SMILES string of the molecule is N#C/C(=C(/O)CO/N=C/c1ccccc1Cl)c1nc2ccccc2[nH]1. The first-order valence-electron chi connectivity index (χ1n) is 7.36. The summed E-state index contributed by atoms with van der Waals surface area (Å²) in [5, 5.41) is 23.7. The standard InChI is InChI=1S/C18H13ClN4O2/c19-14-6-2-1-5-12(14)10-21-25-11-17(24)13(9-20)18-22-15-7-3-4-8-16(15)23-18/h1-8,10,24H,11H2,(H,22,23)/b17-13-,21-10+. The van der Waals surface area contributed by atoms with Crippen LogP contribution < -0.4 is 0 Å². The molecule has 6 nitrogen and oxygen atoms in total. The minimum Gasteiger partial charge on any atom is -0.507 e. The summed E-state index contributed by atoms with van der Waals surface area (Å²) in [6, 6.07) is 16.4. The van der Waals surface area contributed by atoms with E-state index in [-0.39, 0.29) is 23.8 Å². The zero-order valence-electron chi connectivity index (χ0n) is 13.0. The zero-order chi connectivity index (χ0) is 17.6. The maximum absolute atomic E-state index is 10.1. The maximum atomic E-state index is 10.1. The van der Waals surface area contributed by atoms with Crippen molar-refractivity contribution in [3.63, 3.8) is 0 Å². The molecule has 0 unspecified atom stereocenters. The number of nitrogens with zero attached hydrogens (tertiary/aromatic N) is 3. The average Bonchev–Trinajstić information content (AvgIpc) is 3.04. The van der Waals surface area contributed by atoms with E-state index in [9.17, 15) is 10.4 Å². The van der Waals surface area contributed by atoms with E-state index < -0.39 is 0 Å². The van der Waals surface area contributed by atoms with Crippen LogP contribution in [0.15, 0.2) is 59.4 Å². The summed E-state index contributed by atoms with van der Waals surface area (Å²) in [5.41, 5.74) is 2.17. The van der Waals surface area contributed by atoms with Gasteiger partial charge in [0.25, 0.3) is 0 Å². The topological polar surface area (TPSA) is 94.3 Å². The Hall–Kier alpha value is -3.30. The molecule has 0 aliphatic carbocycles. The highest BCUT2D eigenvalue weighted by Gasteiger charge is 2.13. The number of nitriles is 1. The van der Waals surface area contributed by atoms with Crippen molar-refractivity contribution in [1.82, 2.24) is 9.97 Å². The maximum Gasteiger partial charge on any atom is 0.175 e. The third-order valence-corrected chi connectivity index (χ3v) is 3.74. The van der Waals surface area contributed by atoms with Crippen LogP contribution in [0.1, 0.15) is 11.4 Å². The van der Waals surface area contributed by atoms with Crippen LogP contribution >= 0.6 is 11.6 Å². The molecule has 1 aromatic heterocycles. The second-order valence-corrected chi connectivity index (χ2v) is 5.47. The number of fused-ring (bicyclic) bond motifs is 1. The van der Waals surface area contributed by atoms with Crippen LogP contribution in [-0.2, 0) is 4.84 Å². The van der Waals surface area contributed by atoms with Gasteiger partial charge in [0, 0.05) is 10.6 Å². The molecular weight excluding hydrogens is 340 g/mol. The minimum absolute atomic E-state index is 0.00384. The van der Waals surface area contributed by atoms with Crippen LogP contribution in [-0.4, -0.2) is 27.9 Å². The predicted molar refractivity (Wildman–Crippen MR) is 96.3 cm³/mol. The average molecular weight is 353 g/mol. The molecule has 3 rings (SSSR count). The monoisotopic (exact) mass is 352 g/mol. The number of rotatable bonds is 5. The molecule has 0 atom stereocenters. The molecule has 0 spiro atoms. The number of H-pyrrole nitrogens is 1. The Morgan fingerprint density at radius 1 is 1.28 bits per heavy atom. The molecule has 7 heteroatoms. The molecule has 0 saturated heterocycles. The Labute approximate surface area is 148 Å². The van der Waals surface area contributed by atoms with Crippen molar-refractivity contribution in [3.8, 4) is 6.07 Å². The molecule has 0 saturated carbocycles. The summed E-state index contributed by atoms with van der Waals surface area (Å²) in [7, 11) is 0. The quantitative estimate of drug-likeness (QED) is 0.313. The molecule has 0 bridgehead atoms. The van der Waals surface area contributed by atoms with Crippen LogP contribution in [0.5, 0.6) is 0 Å². The third-order valence-electron chi connectivity index (χ3n) is 3.40. The van der Waals surface area contributed by atoms with E-state index in [0.29, 0.717) is 16.1 Å². The van der Waals surface area contributed by atoms with E-state index in [2.05, 4.69) is 15.1 Å². The minimum atomic E-state index is -0.266. The van der Waals surface area contributed by atoms with Crippen LogP contribution in [0.3, 0.4) is 0 Å². The van der Waals surface area contributed by atoms with E-state index in [0.717, 1.165) is 5.52 Å². The van der Waals surface area contributed by atoms with Crippen molar-refractivity contribution >= 4 is 34.4 Å². The number of hydrogen-bond acceptors (Lipinski definition) is 5. The Morgan fingerprint density at radius 3 is 2.80 bits per heavy atom. The Morgan fingerprint density at radius 2 is 2.04 bits per heavy atom. The zero-order valence-corrected chi connectivity index (χ0v) is 13.7. The molecule has 3 aromatic rings. The van der Waals surface area contributed by atoms with E-state index >= 15 is 0 Å². The van der Waals surface area contributed by atoms with Crippen LogP contribution in [0.2, 0.25) is 5.02 Å². The van der Waals surface area contributed by atoms with Gasteiger partial charge in [-0.2, -0.15) is 5.26 Å². The summed E-state index contributed by atoms with van der Waals surface area (Å²) >= 11 is 6.00. The van der Waals surface area contributed by atoms with Gasteiger partial charge in [-0.05, 0) is 18.2 Å². The molecule has 0 radical (unpaired) electrons. The summed E-state index contributed by atoms with van der Waals surface area (Å²) in [4.78, 5) is 12.3. The van der Waals surface area contributed by atoms with E-state index in [1.165, 1.54) is 6.21 Å². The number of aromatic amines is 1. The van der Waals surface area contributed by atoms with Gasteiger partial charge in [0.15, 0.2) is 18.2 Å². The van der Waals surface area contributed by atoms with E-state index in [4.69, 9.17) is 16.4 Å². The van der Waals surface area contributed by atoms with Gasteiger partial charge in [-0.3, -0.25) is 0 Å². The van der Waals surface area contributed by atoms with Crippen molar-refractivity contribution in [2.45, 2.75) is 0 Å². The summed E-state index contributed by atoms with van der Waals surface area (Å²) in [6.07, 6.45) is 1.43. The Bertz CT molecular complexity index is 968. The first-order chi connectivity index (χ1) is 12.2. The normalized spacial score (nSPS) is 12.2. The van der Waals surface area contributed by atoms with Crippen LogP contribution in [0.25, 0.3) is 16.6 Å². The fraction of sp³-hybridized carbons (Fsp3) is 0.0556. The van der Waals surface area contributed by atoms with Crippen molar-refractivity contribution in [3.05, 3.63) is 70.7 Å². The third kappa shape index (κ3) is 3.79. The predicted octanol–water partition coefficient (Wildman–Crippen LogP) is 4.06. The highest BCUT2D eigenvalue weighted by Crippen LogP contribution is 2.19. The van der Waals surface area contributed by atoms with Gasteiger partial charge in [0.1, 0.15) is 11.6 Å². The Kier molecular flexibility index (Phi) is 4.97. The molecule has 25 heavy (non-hydrogen) atoms. The molecule has 2 N–H and O–H groups in total. The van der Waals surface area contributed by atoms with Crippen molar-refractivity contribution in [1.29, 1.82) is 5.26 Å². The van der Waals surface area contributed by atoms with Gasteiger partial charge in [-0.25, -0.2) is 4.98 Å². The summed E-state index contributed by atoms with van der Waals surface area (Å²) in [5.74, 6) is 0.0118. The summed E-state index contributed by atoms with van der Waals surface area (Å²) in [6.45, 7) is -0.263. The van der Waals surface area contributed by atoms with Gasteiger partial charge in [-0.1, -0.05) is 47.1 Å². The first kappa shape index (κ1) is 16.6. The number of imidazole rings is 1. The van der Waals surface area contributed by atoms with Gasteiger partial charge < -0.3 is 14.9 Å².